The van der Waals surface area contributed by atoms with E-state index in [0.29, 0.717) is 0 Å². The molecule has 1 aromatic carbocycles. The normalized spacial score (nSPS) is 17.6. The number of nitrogens with zero attached hydrogens (tertiary/aromatic N) is 1. The minimum atomic E-state index is 0.831. The second-order valence-electron chi connectivity index (χ2n) is 4.20. The van der Waals surface area contributed by atoms with Crippen LogP contribution in [0.3, 0.4) is 0 Å². The SMILES string of the molecule is Nc1cc(CCN2CCNCC2)ccc1Br. The van der Waals surface area contributed by atoms with E-state index in [9.17, 15) is 0 Å². The van der Waals surface area contributed by atoms with Crippen molar-refractivity contribution < 1.29 is 0 Å². The quantitative estimate of drug-likeness (QED) is 0.826. The van der Waals surface area contributed by atoms with Crippen molar-refractivity contribution in [3.8, 4) is 0 Å². The Morgan fingerprint density at radius 3 is 2.75 bits per heavy atom. The topological polar surface area (TPSA) is 41.3 Å². The minimum absolute atomic E-state index is 0.831. The zero-order valence-electron chi connectivity index (χ0n) is 9.38. The molecule has 0 saturated carbocycles. The zero-order chi connectivity index (χ0) is 11.4. The van der Waals surface area contributed by atoms with Crippen molar-refractivity contribution in [2.24, 2.45) is 0 Å². The number of rotatable bonds is 3. The summed E-state index contributed by atoms with van der Waals surface area (Å²) in [5.74, 6) is 0. The summed E-state index contributed by atoms with van der Waals surface area (Å²) in [6.07, 6.45) is 1.08. The molecule has 0 bridgehead atoms. The number of nitrogen functional groups attached to an aromatic ring is 1. The molecule has 16 heavy (non-hydrogen) atoms. The van der Waals surface area contributed by atoms with Crippen LogP contribution in [0, 0.1) is 0 Å². The van der Waals surface area contributed by atoms with E-state index in [1.54, 1.807) is 0 Å². The van der Waals surface area contributed by atoms with Crippen molar-refractivity contribution in [1.82, 2.24) is 10.2 Å². The number of benzene rings is 1. The van der Waals surface area contributed by atoms with Gasteiger partial charge < -0.3 is 16.0 Å². The van der Waals surface area contributed by atoms with E-state index in [1.807, 2.05) is 6.07 Å². The van der Waals surface area contributed by atoms with Gasteiger partial charge in [-0.2, -0.15) is 0 Å². The van der Waals surface area contributed by atoms with Crippen LogP contribution < -0.4 is 11.1 Å². The molecule has 0 spiro atoms. The van der Waals surface area contributed by atoms with Crippen LogP contribution in [0.15, 0.2) is 22.7 Å². The summed E-state index contributed by atoms with van der Waals surface area (Å²) in [6.45, 7) is 5.67. The Hall–Kier alpha value is -0.580. The van der Waals surface area contributed by atoms with Gasteiger partial charge in [-0.05, 0) is 40.0 Å². The number of nitrogens with one attached hydrogen (secondary N) is 1. The molecule has 1 aliphatic rings. The monoisotopic (exact) mass is 283 g/mol. The fourth-order valence-electron chi connectivity index (χ4n) is 1.97. The van der Waals surface area contributed by atoms with Crippen molar-refractivity contribution in [3.63, 3.8) is 0 Å². The maximum absolute atomic E-state index is 5.86. The molecule has 0 radical (unpaired) electrons. The maximum atomic E-state index is 5.86. The lowest BCUT2D eigenvalue weighted by Crippen LogP contribution is -2.44. The third kappa shape index (κ3) is 3.20. The molecule has 3 N–H and O–H groups in total. The van der Waals surface area contributed by atoms with Crippen LogP contribution >= 0.6 is 15.9 Å². The van der Waals surface area contributed by atoms with Gasteiger partial charge in [0.2, 0.25) is 0 Å². The summed E-state index contributed by atoms with van der Waals surface area (Å²) < 4.78 is 0.985. The Balaban J connectivity index is 1.86. The fraction of sp³-hybridized carbons (Fsp3) is 0.500. The highest BCUT2D eigenvalue weighted by atomic mass is 79.9. The second kappa shape index (κ2) is 5.66. The highest BCUT2D eigenvalue weighted by Crippen LogP contribution is 2.20. The summed E-state index contributed by atoms with van der Waals surface area (Å²) in [6, 6.07) is 6.23. The van der Waals surface area contributed by atoms with Crippen LogP contribution in [-0.2, 0) is 6.42 Å². The lowest BCUT2D eigenvalue weighted by molar-refractivity contribution is 0.244. The van der Waals surface area contributed by atoms with Gasteiger partial charge in [0.25, 0.3) is 0 Å². The summed E-state index contributed by atoms with van der Waals surface area (Å²) in [7, 11) is 0. The van der Waals surface area contributed by atoms with Gasteiger partial charge in [0, 0.05) is 42.9 Å². The highest BCUT2D eigenvalue weighted by Gasteiger charge is 2.09. The van der Waals surface area contributed by atoms with Crippen LogP contribution in [-0.4, -0.2) is 37.6 Å². The molecule has 0 unspecified atom stereocenters. The van der Waals surface area contributed by atoms with Crippen LogP contribution in [0.25, 0.3) is 0 Å². The lowest BCUT2D eigenvalue weighted by Gasteiger charge is -2.27. The summed E-state index contributed by atoms with van der Waals surface area (Å²) in [5.41, 5.74) is 8.01. The molecule has 0 amide bonds. The summed E-state index contributed by atoms with van der Waals surface area (Å²) in [4.78, 5) is 2.49. The van der Waals surface area contributed by atoms with E-state index in [0.717, 1.165) is 49.3 Å². The molecule has 1 aliphatic heterocycles. The first kappa shape index (κ1) is 11.9. The first-order valence-electron chi connectivity index (χ1n) is 5.73. The third-order valence-corrected chi connectivity index (χ3v) is 3.71. The predicted molar refractivity (Wildman–Crippen MR) is 71.6 cm³/mol. The molecule has 1 heterocycles. The van der Waals surface area contributed by atoms with Crippen molar-refractivity contribution in [1.29, 1.82) is 0 Å². The summed E-state index contributed by atoms with van der Waals surface area (Å²) in [5, 5.41) is 3.36. The van der Waals surface area contributed by atoms with E-state index in [1.165, 1.54) is 5.56 Å². The second-order valence-corrected chi connectivity index (χ2v) is 5.05. The Morgan fingerprint density at radius 1 is 1.31 bits per heavy atom. The van der Waals surface area contributed by atoms with Crippen molar-refractivity contribution >= 4 is 21.6 Å². The maximum Gasteiger partial charge on any atom is 0.0461 e. The fourth-order valence-corrected chi connectivity index (χ4v) is 2.22. The van der Waals surface area contributed by atoms with Crippen molar-refractivity contribution in [2.45, 2.75) is 6.42 Å². The third-order valence-electron chi connectivity index (χ3n) is 2.99. The van der Waals surface area contributed by atoms with E-state index in [-0.39, 0.29) is 0 Å². The van der Waals surface area contributed by atoms with Gasteiger partial charge in [-0.1, -0.05) is 6.07 Å². The standard InChI is InChI=1S/C12H18BrN3/c13-11-2-1-10(9-12(11)14)3-6-16-7-4-15-5-8-16/h1-2,9,15H,3-8,14H2. The number of nitrogens with two attached hydrogens (primary N) is 1. The van der Waals surface area contributed by atoms with Gasteiger partial charge >= 0.3 is 0 Å². The van der Waals surface area contributed by atoms with Crippen LogP contribution in [0.4, 0.5) is 5.69 Å². The van der Waals surface area contributed by atoms with Gasteiger partial charge in [-0.15, -0.1) is 0 Å². The Morgan fingerprint density at radius 2 is 2.06 bits per heavy atom. The zero-order valence-corrected chi connectivity index (χ0v) is 11.0. The van der Waals surface area contributed by atoms with Crippen molar-refractivity contribution in [2.75, 3.05) is 38.5 Å². The van der Waals surface area contributed by atoms with E-state index < -0.39 is 0 Å². The van der Waals surface area contributed by atoms with Gasteiger partial charge in [-0.25, -0.2) is 0 Å². The molecule has 4 heteroatoms. The number of piperazine rings is 1. The summed E-state index contributed by atoms with van der Waals surface area (Å²) >= 11 is 3.41. The molecule has 0 aliphatic carbocycles. The molecule has 0 atom stereocenters. The number of anilines is 1. The highest BCUT2D eigenvalue weighted by molar-refractivity contribution is 9.10. The van der Waals surface area contributed by atoms with E-state index in [2.05, 4.69) is 38.3 Å². The largest absolute Gasteiger partial charge is 0.398 e. The van der Waals surface area contributed by atoms with Gasteiger partial charge in [0.05, 0.1) is 0 Å². The molecule has 1 saturated heterocycles. The molecular formula is C12H18BrN3. The number of halogens is 1. The molecule has 88 valence electrons. The molecule has 1 aromatic rings. The van der Waals surface area contributed by atoms with Gasteiger partial charge in [0.15, 0.2) is 0 Å². The van der Waals surface area contributed by atoms with Crippen molar-refractivity contribution in [3.05, 3.63) is 28.2 Å². The first-order chi connectivity index (χ1) is 7.75. The van der Waals surface area contributed by atoms with E-state index in [4.69, 9.17) is 5.73 Å². The van der Waals surface area contributed by atoms with Gasteiger partial charge in [0.1, 0.15) is 0 Å². The van der Waals surface area contributed by atoms with Gasteiger partial charge in [-0.3, -0.25) is 0 Å². The molecular weight excluding hydrogens is 266 g/mol. The molecule has 1 fully saturated rings. The Labute approximate surface area is 105 Å². The van der Waals surface area contributed by atoms with Crippen LogP contribution in [0.2, 0.25) is 0 Å². The average molecular weight is 284 g/mol. The molecule has 2 rings (SSSR count). The minimum Gasteiger partial charge on any atom is -0.398 e. The van der Waals surface area contributed by atoms with Crippen LogP contribution in [0.5, 0.6) is 0 Å². The molecule has 3 nitrogen and oxygen atoms in total. The Kier molecular flexibility index (Phi) is 4.21. The average Bonchev–Trinajstić information content (AvgIpc) is 2.32. The lowest BCUT2D eigenvalue weighted by atomic mass is 10.1. The van der Waals surface area contributed by atoms with E-state index >= 15 is 0 Å². The molecule has 0 aromatic heterocycles. The Bertz CT molecular complexity index is 348. The first-order valence-corrected chi connectivity index (χ1v) is 6.52. The number of hydrogen-bond donors (Lipinski definition) is 2. The van der Waals surface area contributed by atoms with Crippen LogP contribution in [0.1, 0.15) is 5.56 Å². The number of hydrogen-bond acceptors (Lipinski definition) is 3. The predicted octanol–water partition coefficient (Wildman–Crippen LogP) is 1.48. The smallest absolute Gasteiger partial charge is 0.0461 e.